The van der Waals surface area contributed by atoms with Crippen molar-refractivity contribution in [3.8, 4) is 0 Å². The first-order chi connectivity index (χ1) is 12.9. The van der Waals surface area contributed by atoms with Crippen LogP contribution in [0.5, 0.6) is 0 Å². The fourth-order valence-electron chi connectivity index (χ4n) is 3.00. The summed E-state index contributed by atoms with van der Waals surface area (Å²) in [6.07, 6.45) is 0.755. The number of carbonyl (C=O) groups excluding carboxylic acids is 2. The fourth-order valence-corrected chi connectivity index (χ4v) is 3.22. The van der Waals surface area contributed by atoms with Gasteiger partial charge in [0, 0.05) is 17.6 Å². The minimum absolute atomic E-state index is 0.0214. The molecule has 0 fully saturated rings. The van der Waals surface area contributed by atoms with Crippen LogP contribution in [0.3, 0.4) is 0 Å². The summed E-state index contributed by atoms with van der Waals surface area (Å²) in [6, 6.07) is 16.5. The van der Waals surface area contributed by atoms with Gasteiger partial charge in [0.05, 0.1) is 6.42 Å². The van der Waals surface area contributed by atoms with Crippen LogP contribution in [0.4, 0.5) is 0 Å². The molecule has 1 atom stereocenters. The fraction of sp³-hybridized carbons (Fsp3) is 0.364. The summed E-state index contributed by atoms with van der Waals surface area (Å²) in [4.78, 5) is 27.5. The lowest BCUT2D eigenvalue weighted by Gasteiger charge is -2.31. The quantitative estimate of drug-likeness (QED) is 0.738. The molecule has 0 saturated heterocycles. The number of benzene rings is 2. The lowest BCUT2D eigenvalue weighted by atomic mass is 10.1. The van der Waals surface area contributed by atoms with E-state index in [0.29, 0.717) is 18.0 Å². The Bertz CT molecular complexity index is 762. The third-order valence-corrected chi connectivity index (χ3v) is 4.49. The molecule has 0 saturated carbocycles. The summed E-state index contributed by atoms with van der Waals surface area (Å²) >= 11 is 6.05. The molecule has 0 unspecified atom stereocenters. The monoisotopic (exact) mass is 386 g/mol. The van der Waals surface area contributed by atoms with Crippen LogP contribution in [-0.2, 0) is 22.6 Å². The average molecular weight is 387 g/mol. The second-order valence-corrected chi connectivity index (χ2v) is 7.34. The Balaban J connectivity index is 2.26. The standard InChI is InChI=1S/C22H27ClN2O2/c1-4-20(22(27)24-16(2)3)25(15-17-9-6-5-7-10-17)21(26)14-18-11-8-12-19(23)13-18/h5-13,16,20H,4,14-15H2,1-3H3,(H,24,27)/t20-/m0/s1. The highest BCUT2D eigenvalue weighted by molar-refractivity contribution is 6.30. The van der Waals surface area contributed by atoms with Crippen LogP contribution in [0.1, 0.15) is 38.3 Å². The van der Waals surface area contributed by atoms with Crippen molar-refractivity contribution in [1.82, 2.24) is 10.2 Å². The highest BCUT2D eigenvalue weighted by atomic mass is 35.5. The average Bonchev–Trinajstić information content (AvgIpc) is 2.61. The first kappa shape index (κ1) is 21.0. The number of amides is 2. The Labute approximate surface area is 166 Å². The van der Waals surface area contributed by atoms with Gasteiger partial charge in [0.2, 0.25) is 11.8 Å². The summed E-state index contributed by atoms with van der Waals surface area (Å²) in [5.74, 6) is -0.213. The van der Waals surface area contributed by atoms with Crippen molar-refractivity contribution < 1.29 is 9.59 Å². The van der Waals surface area contributed by atoms with Crippen molar-refractivity contribution in [1.29, 1.82) is 0 Å². The summed E-state index contributed by atoms with van der Waals surface area (Å²) in [7, 11) is 0. The van der Waals surface area contributed by atoms with E-state index >= 15 is 0 Å². The van der Waals surface area contributed by atoms with E-state index in [1.165, 1.54) is 0 Å². The maximum absolute atomic E-state index is 13.1. The molecule has 0 bridgehead atoms. The Kier molecular flexibility index (Phi) is 7.86. The Hall–Kier alpha value is -2.33. The van der Waals surface area contributed by atoms with Crippen molar-refractivity contribution >= 4 is 23.4 Å². The van der Waals surface area contributed by atoms with Crippen LogP contribution in [0.15, 0.2) is 54.6 Å². The van der Waals surface area contributed by atoms with E-state index < -0.39 is 6.04 Å². The molecule has 0 aromatic heterocycles. The van der Waals surface area contributed by atoms with Crippen molar-refractivity contribution in [2.45, 2.75) is 52.2 Å². The van der Waals surface area contributed by atoms with Gasteiger partial charge in [-0.25, -0.2) is 0 Å². The summed E-state index contributed by atoms with van der Waals surface area (Å²) in [5, 5.41) is 3.53. The van der Waals surface area contributed by atoms with Crippen molar-refractivity contribution in [3.05, 3.63) is 70.7 Å². The van der Waals surface area contributed by atoms with Crippen LogP contribution in [0, 0.1) is 0 Å². The van der Waals surface area contributed by atoms with Crippen molar-refractivity contribution in [2.75, 3.05) is 0 Å². The molecule has 0 spiro atoms. The van der Waals surface area contributed by atoms with Crippen LogP contribution < -0.4 is 5.32 Å². The zero-order valence-corrected chi connectivity index (χ0v) is 16.9. The van der Waals surface area contributed by atoms with E-state index in [-0.39, 0.29) is 24.3 Å². The highest BCUT2D eigenvalue weighted by Gasteiger charge is 2.28. The van der Waals surface area contributed by atoms with Crippen molar-refractivity contribution in [2.24, 2.45) is 0 Å². The van der Waals surface area contributed by atoms with Crippen LogP contribution >= 0.6 is 11.6 Å². The summed E-state index contributed by atoms with van der Waals surface area (Å²) in [5.41, 5.74) is 1.83. The smallest absolute Gasteiger partial charge is 0.243 e. The van der Waals surface area contributed by atoms with Gasteiger partial charge in [0.15, 0.2) is 0 Å². The Morgan fingerprint density at radius 3 is 2.30 bits per heavy atom. The third-order valence-electron chi connectivity index (χ3n) is 4.26. The maximum Gasteiger partial charge on any atom is 0.243 e. The molecule has 5 heteroatoms. The number of carbonyl (C=O) groups is 2. The van der Waals surface area contributed by atoms with Crippen LogP contribution in [0.2, 0.25) is 5.02 Å². The topological polar surface area (TPSA) is 49.4 Å². The molecule has 4 nitrogen and oxygen atoms in total. The van der Waals surface area contributed by atoms with Gasteiger partial charge < -0.3 is 10.2 Å². The van der Waals surface area contributed by atoms with E-state index in [1.807, 2.05) is 63.2 Å². The van der Waals surface area contributed by atoms with Gasteiger partial charge in [0.1, 0.15) is 6.04 Å². The molecule has 144 valence electrons. The predicted molar refractivity (Wildman–Crippen MR) is 110 cm³/mol. The molecule has 2 amide bonds. The number of nitrogens with zero attached hydrogens (tertiary/aromatic N) is 1. The van der Waals surface area contributed by atoms with E-state index in [2.05, 4.69) is 5.32 Å². The number of hydrogen-bond acceptors (Lipinski definition) is 2. The summed E-state index contributed by atoms with van der Waals surface area (Å²) < 4.78 is 0. The molecule has 2 aromatic carbocycles. The molecule has 0 aliphatic carbocycles. The number of nitrogens with one attached hydrogen (secondary N) is 1. The molecule has 2 rings (SSSR count). The molecule has 0 aliphatic heterocycles. The molecule has 2 aromatic rings. The van der Waals surface area contributed by atoms with E-state index in [0.717, 1.165) is 11.1 Å². The second kappa shape index (κ2) is 10.1. The molecule has 0 aliphatic rings. The minimum atomic E-state index is -0.515. The predicted octanol–water partition coefficient (Wildman–Crippen LogP) is 4.21. The SMILES string of the molecule is CC[C@@H](C(=O)NC(C)C)N(Cc1ccccc1)C(=O)Cc1cccc(Cl)c1. The molecule has 0 heterocycles. The molecule has 0 radical (unpaired) electrons. The zero-order valence-electron chi connectivity index (χ0n) is 16.1. The largest absolute Gasteiger partial charge is 0.352 e. The molecule has 27 heavy (non-hydrogen) atoms. The first-order valence-corrected chi connectivity index (χ1v) is 9.66. The third kappa shape index (κ3) is 6.40. The Morgan fingerprint density at radius 2 is 1.70 bits per heavy atom. The van der Waals surface area contributed by atoms with Crippen molar-refractivity contribution in [3.63, 3.8) is 0 Å². The maximum atomic E-state index is 13.1. The van der Waals surface area contributed by atoms with Crippen LogP contribution in [0.25, 0.3) is 0 Å². The van der Waals surface area contributed by atoms with Crippen LogP contribution in [-0.4, -0.2) is 28.8 Å². The molecular weight excluding hydrogens is 360 g/mol. The highest BCUT2D eigenvalue weighted by Crippen LogP contribution is 2.16. The van der Waals surface area contributed by atoms with E-state index in [4.69, 9.17) is 11.6 Å². The Morgan fingerprint density at radius 1 is 1.04 bits per heavy atom. The van der Waals surface area contributed by atoms with Gasteiger partial charge in [0.25, 0.3) is 0 Å². The van der Waals surface area contributed by atoms with Gasteiger partial charge in [-0.15, -0.1) is 0 Å². The zero-order chi connectivity index (χ0) is 19.8. The van der Waals surface area contributed by atoms with Gasteiger partial charge in [-0.05, 0) is 43.5 Å². The normalized spacial score (nSPS) is 11.9. The number of halogens is 1. The number of rotatable bonds is 8. The number of hydrogen-bond donors (Lipinski definition) is 1. The van der Waals surface area contributed by atoms with Gasteiger partial charge in [-0.1, -0.05) is 61.0 Å². The molecule has 1 N–H and O–H groups in total. The molecular formula is C22H27ClN2O2. The first-order valence-electron chi connectivity index (χ1n) is 9.29. The summed E-state index contributed by atoms with van der Waals surface area (Å²) in [6.45, 7) is 6.15. The van der Waals surface area contributed by atoms with Gasteiger partial charge in [-0.3, -0.25) is 9.59 Å². The van der Waals surface area contributed by atoms with E-state index in [9.17, 15) is 9.59 Å². The second-order valence-electron chi connectivity index (χ2n) is 6.90. The lowest BCUT2D eigenvalue weighted by molar-refractivity contribution is -0.141. The van der Waals surface area contributed by atoms with Gasteiger partial charge >= 0.3 is 0 Å². The van der Waals surface area contributed by atoms with Gasteiger partial charge in [-0.2, -0.15) is 0 Å². The minimum Gasteiger partial charge on any atom is -0.352 e. The van der Waals surface area contributed by atoms with E-state index in [1.54, 1.807) is 17.0 Å². The lowest BCUT2D eigenvalue weighted by Crippen LogP contribution is -2.50.